The molecule has 14 heavy (non-hydrogen) atoms. The molecule has 0 saturated heterocycles. The zero-order valence-corrected chi connectivity index (χ0v) is 9.76. The minimum Gasteiger partial charge on any atom is -0.385 e. The summed E-state index contributed by atoms with van der Waals surface area (Å²) in [7, 11) is -1.60. The number of carbonyl (C=O) groups excluding carboxylic acids is 1. The van der Waals surface area contributed by atoms with Crippen molar-refractivity contribution in [2.45, 2.75) is 31.9 Å². The molecule has 0 N–H and O–H groups in total. The smallest absolute Gasteiger partial charge is 0.153 e. The predicted molar refractivity (Wildman–Crippen MR) is 55.0 cm³/mol. The van der Waals surface area contributed by atoms with Crippen LogP contribution >= 0.6 is 0 Å². The molecule has 0 aromatic heterocycles. The summed E-state index contributed by atoms with van der Waals surface area (Å²) in [4.78, 5) is 10.7. The summed E-state index contributed by atoms with van der Waals surface area (Å²) in [6.45, 7) is 3.41. The summed E-state index contributed by atoms with van der Waals surface area (Å²) >= 11 is 0. The minimum atomic E-state index is -3.13. The first kappa shape index (κ1) is 13.6. The number of Topliss-reactive ketones (excluding diaryl/α,β-unsaturated/α-hetero) is 1. The van der Waals surface area contributed by atoms with Crippen LogP contribution in [0.5, 0.6) is 0 Å². The van der Waals surface area contributed by atoms with Crippen LogP contribution in [0.25, 0.3) is 0 Å². The van der Waals surface area contributed by atoms with Crippen molar-refractivity contribution in [2.24, 2.45) is 0 Å². The average Bonchev–Trinajstić information content (AvgIpc) is 2.03. The standard InChI is InChI=1S/C9H18O4S/c1-8(10)7-9(2)14(11,12)6-4-5-13-3/h9H,4-7H2,1-3H3. The van der Waals surface area contributed by atoms with Crippen molar-refractivity contribution in [3.63, 3.8) is 0 Å². The van der Waals surface area contributed by atoms with Crippen LogP contribution in [0.4, 0.5) is 0 Å². The maximum Gasteiger partial charge on any atom is 0.153 e. The number of hydrogen-bond acceptors (Lipinski definition) is 4. The Bertz CT molecular complexity index is 269. The Hall–Kier alpha value is -0.420. The van der Waals surface area contributed by atoms with Crippen LogP contribution in [-0.2, 0) is 19.4 Å². The molecule has 0 aromatic rings. The first-order chi connectivity index (χ1) is 6.40. The summed E-state index contributed by atoms with van der Waals surface area (Å²) < 4.78 is 27.8. The third-order valence-electron chi connectivity index (χ3n) is 1.97. The van der Waals surface area contributed by atoms with E-state index in [1.165, 1.54) is 14.0 Å². The van der Waals surface area contributed by atoms with Gasteiger partial charge in [-0.05, 0) is 20.3 Å². The predicted octanol–water partition coefficient (Wildman–Crippen LogP) is 0.805. The van der Waals surface area contributed by atoms with Gasteiger partial charge in [0.1, 0.15) is 5.78 Å². The zero-order valence-electron chi connectivity index (χ0n) is 8.95. The number of ether oxygens (including phenoxy) is 1. The fraction of sp³-hybridized carbons (Fsp3) is 0.889. The highest BCUT2D eigenvalue weighted by molar-refractivity contribution is 7.92. The van der Waals surface area contributed by atoms with E-state index in [0.29, 0.717) is 13.0 Å². The Kier molecular flexibility index (Phi) is 5.95. The van der Waals surface area contributed by atoms with Crippen molar-refractivity contribution in [3.8, 4) is 0 Å². The Labute approximate surface area is 85.6 Å². The third-order valence-corrected chi connectivity index (χ3v) is 4.22. The van der Waals surface area contributed by atoms with E-state index >= 15 is 0 Å². The average molecular weight is 222 g/mol. The van der Waals surface area contributed by atoms with Crippen molar-refractivity contribution < 1.29 is 17.9 Å². The van der Waals surface area contributed by atoms with Gasteiger partial charge in [-0.2, -0.15) is 0 Å². The van der Waals surface area contributed by atoms with Crippen molar-refractivity contribution in [1.29, 1.82) is 0 Å². The molecule has 1 unspecified atom stereocenters. The number of methoxy groups -OCH3 is 1. The first-order valence-corrected chi connectivity index (χ1v) is 6.31. The van der Waals surface area contributed by atoms with Crippen LogP contribution < -0.4 is 0 Å². The molecule has 4 nitrogen and oxygen atoms in total. The van der Waals surface area contributed by atoms with E-state index in [0.717, 1.165) is 0 Å². The number of sulfone groups is 1. The lowest BCUT2D eigenvalue weighted by atomic mass is 10.2. The highest BCUT2D eigenvalue weighted by atomic mass is 32.2. The first-order valence-electron chi connectivity index (χ1n) is 4.60. The second-order valence-corrected chi connectivity index (χ2v) is 5.97. The van der Waals surface area contributed by atoms with Gasteiger partial charge in [0.15, 0.2) is 9.84 Å². The van der Waals surface area contributed by atoms with E-state index in [1.807, 2.05) is 0 Å². The molecule has 0 amide bonds. The number of hydrogen-bond donors (Lipinski definition) is 0. The van der Waals surface area contributed by atoms with E-state index in [9.17, 15) is 13.2 Å². The fourth-order valence-electron chi connectivity index (χ4n) is 1.14. The van der Waals surface area contributed by atoms with E-state index in [2.05, 4.69) is 0 Å². The highest BCUT2D eigenvalue weighted by Gasteiger charge is 2.21. The van der Waals surface area contributed by atoms with Gasteiger partial charge in [-0.3, -0.25) is 4.79 Å². The number of carbonyl (C=O) groups is 1. The van der Waals surface area contributed by atoms with Crippen LogP contribution in [0, 0.1) is 0 Å². The molecule has 0 aliphatic heterocycles. The molecular weight excluding hydrogens is 204 g/mol. The van der Waals surface area contributed by atoms with Gasteiger partial charge in [0.25, 0.3) is 0 Å². The lowest BCUT2D eigenvalue weighted by molar-refractivity contribution is -0.116. The van der Waals surface area contributed by atoms with Crippen molar-refractivity contribution in [2.75, 3.05) is 19.5 Å². The minimum absolute atomic E-state index is 0.0900. The van der Waals surface area contributed by atoms with Crippen molar-refractivity contribution in [3.05, 3.63) is 0 Å². The third kappa shape index (κ3) is 5.34. The Balaban J connectivity index is 4.10. The van der Waals surface area contributed by atoms with Gasteiger partial charge in [-0.25, -0.2) is 8.42 Å². The zero-order chi connectivity index (χ0) is 11.2. The van der Waals surface area contributed by atoms with Crippen LogP contribution in [0.1, 0.15) is 26.7 Å². The van der Waals surface area contributed by atoms with Gasteiger partial charge >= 0.3 is 0 Å². The molecule has 84 valence electrons. The molecule has 5 heteroatoms. The highest BCUT2D eigenvalue weighted by Crippen LogP contribution is 2.08. The molecule has 0 aliphatic carbocycles. The van der Waals surface area contributed by atoms with Gasteiger partial charge in [0, 0.05) is 20.1 Å². The molecule has 0 aromatic carbocycles. The molecule has 0 aliphatic rings. The van der Waals surface area contributed by atoms with Gasteiger partial charge < -0.3 is 4.74 Å². The Morgan fingerprint density at radius 2 is 2.00 bits per heavy atom. The van der Waals surface area contributed by atoms with Gasteiger partial charge in [-0.15, -0.1) is 0 Å². The quantitative estimate of drug-likeness (QED) is 0.598. The summed E-state index contributed by atoms with van der Waals surface area (Å²) in [6, 6.07) is 0. The maximum absolute atomic E-state index is 11.5. The number of ketones is 1. The lowest BCUT2D eigenvalue weighted by Crippen LogP contribution is -2.23. The molecule has 0 spiro atoms. The van der Waals surface area contributed by atoms with Gasteiger partial charge in [0.05, 0.1) is 11.0 Å². The second-order valence-electron chi connectivity index (χ2n) is 3.43. The van der Waals surface area contributed by atoms with Crippen molar-refractivity contribution in [1.82, 2.24) is 0 Å². The van der Waals surface area contributed by atoms with Crippen LogP contribution in [0.2, 0.25) is 0 Å². The van der Waals surface area contributed by atoms with Crippen LogP contribution in [0.15, 0.2) is 0 Å². The van der Waals surface area contributed by atoms with Gasteiger partial charge in [0.2, 0.25) is 0 Å². The maximum atomic E-state index is 11.5. The molecule has 0 heterocycles. The molecule has 1 atom stereocenters. The van der Waals surface area contributed by atoms with Crippen LogP contribution in [-0.4, -0.2) is 38.9 Å². The molecule has 0 radical (unpaired) electrons. The van der Waals surface area contributed by atoms with Crippen molar-refractivity contribution >= 4 is 15.6 Å². The number of rotatable bonds is 7. The summed E-state index contributed by atoms with van der Waals surface area (Å²) in [5.41, 5.74) is 0. The molecule has 0 saturated carbocycles. The van der Waals surface area contributed by atoms with E-state index < -0.39 is 15.1 Å². The second kappa shape index (κ2) is 6.14. The summed E-state index contributed by atoms with van der Waals surface area (Å²) in [5, 5.41) is -0.572. The van der Waals surface area contributed by atoms with E-state index in [-0.39, 0.29) is 18.0 Å². The molecule has 0 fully saturated rings. The largest absolute Gasteiger partial charge is 0.385 e. The normalized spacial score (nSPS) is 13.9. The molecule has 0 bridgehead atoms. The van der Waals surface area contributed by atoms with E-state index in [1.54, 1.807) is 6.92 Å². The monoisotopic (exact) mass is 222 g/mol. The van der Waals surface area contributed by atoms with Gasteiger partial charge in [-0.1, -0.05) is 0 Å². The SMILES string of the molecule is COCCCS(=O)(=O)C(C)CC(C)=O. The Morgan fingerprint density at radius 3 is 2.43 bits per heavy atom. The summed E-state index contributed by atoms with van der Waals surface area (Å²) in [5.74, 6) is 0.00256. The molecule has 0 rings (SSSR count). The molecular formula is C9H18O4S. The fourth-order valence-corrected chi connectivity index (χ4v) is 2.55. The van der Waals surface area contributed by atoms with E-state index in [4.69, 9.17) is 4.74 Å². The Morgan fingerprint density at radius 1 is 1.43 bits per heavy atom. The summed E-state index contributed by atoms with van der Waals surface area (Å²) in [6.07, 6.45) is 0.594. The van der Waals surface area contributed by atoms with Crippen LogP contribution in [0.3, 0.4) is 0 Å². The topological polar surface area (TPSA) is 60.4 Å². The lowest BCUT2D eigenvalue weighted by Gasteiger charge is -2.10.